The van der Waals surface area contributed by atoms with E-state index in [9.17, 15) is 0 Å². The van der Waals surface area contributed by atoms with Gasteiger partial charge in [0.2, 0.25) is 0 Å². The maximum Gasteiger partial charge on any atom is -0.00638 e. The third-order valence-electron chi connectivity index (χ3n) is 3.77. The van der Waals surface area contributed by atoms with Crippen LogP contribution in [0.5, 0.6) is 0 Å². The van der Waals surface area contributed by atoms with E-state index in [0.717, 1.165) is 24.0 Å². The summed E-state index contributed by atoms with van der Waals surface area (Å²) >= 11 is 0. The Morgan fingerprint density at radius 2 is 1.73 bits per heavy atom. The van der Waals surface area contributed by atoms with Gasteiger partial charge in [0.15, 0.2) is 0 Å². The summed E-state index contributed by atoms with van der Waals surface area (Å²) in [7, 11) is 0. The predicted octanol–water partition coefficient (Wildman–Crippen LogP) is 6.81. The van der Waals surface area contributed by atoms with E-state index in [-0.39, 0.29) is 0 Å². The standard InChI is InChI=1S/C22H28/c1-8-20(22(9-2)16(3)4)15-18(6)13-19(7)21-12-10-11-17(5)14-21/h8-12,14H,3,6-7,13,15H2,1-2,4-5H3/b20-8+,22-9-. The molecule has 0 nitrogen and oxygen atoms in total. The molecule has 0 fully saturated rings. The lowest BCUT2D eigenvalue weighted by atomic mass is 9.90. The summed E-state index contributed by atoms with van der Waals surface area (Å²) in [5.74, 6) is 0. The van der Waals surface area contributed by atoms with Crippen LogP contribution < -0.4 is 0 Å². The Bertz CT molecular complexity index is 636. The Morgan fingerprint density at radius 1 is 1.05 bits per heavy atom. The lowest BCUT2D eigenvalue weighted by Crippen LogP contribution is -1.95. The van der Waals surface area contributed by atoms with Crippen molar-refractivity contribution >= 4 is 5.57 Å². The lowest BCUT2D eigenvalue weighted by Gasteiger charge is -2.15. The molecule has 0 saturated carbocycles. The number of hydrogen-bond acceptors (Lipinski definition) is 0. The van der Waals surface area contributed by atoms with Crippen LogP contribution in [0, 0.1) is 6.92 Å². The number of allylic oxidation sites excluding steroid dienone is 7. The molecule has 0 N–H and O–H groups in total. The molecule has 0 aliphatic heterocycles. The van der Waals surface area contributed by atoms with Crippen molar-refractivity contribution in [1.82, 2.24) is 0 Å². The van der Waals surface area contributed by atoms with E-state index in [1.165, 1.54) is 27.8 Å². The fourth-order valence-electron chi connectivity index (χ4n) is 2.66. The second-order valence-corrected chi connectivity index (χ2v) is 5.87. The van der Waals surface area contributed by atoms with Crippen molar-refractivity contribution in [3.63, 3.8) is 0 Å². The molecule has 0 heterocycles. The highest BCUT2D eigenvalue weighted by atomic mass is 14.1. The van der Waals surface area contributed by atoms with Gasteiger partial charge in [-0.05, 0) is 62.8 Å². The highest BCUT2D eigenvalue weighted by Gasteiger charge is 2.08. The summed E-state index contributed by atoms with van der Waals surface area (Å²) in [4.78, 5) is 0. The van der Waals surface area contributed by atoms with Crippen LogP contribution in [0.15, 0.2) is 78.4 Å². The van der Waals surface area contributed by atoms with Crippen LogP contribution in [0.1, 0.15) is 44.7 Å². The van der Waals surface area contributed by atoms with Gasteiger partial charge in [-0.15, -0.1) is 0 Å². The minimum atomic E-state index is 0.827. The zero-order valence-electron chi connectivity index (χ0n) is 14.5. The third-order valence-corrected chi connectivity index (χ3v) is 3.77. The summed E-state index contributed by atoms with van der Waals surface area (Å²) in [6, 6.07) is 8.48. The normalized spacial score (nSPS) is 12.2. The van der Waals surface area contributed by atoms with E-state index in [1.807, 2.05) is 6.92 Å². The van der Waals surface area contributed by atoms with E-state index in [1.54, 1.807) is 0 Å². The molecule has 1 aromatic rings. The van der Waals surface area contributed by atoms with E-state index < -0.39 is 0 Å². The fraction of sp³-hybridized carbons (Fsp3) is 0.273. The summed E-state index contributed by atoms with van der Waals surface area (Å²) in [6.07, 6.45) is 5.98. The SMILES string of the molecule is C=C(CC(=C)c1cccc(C)c1)CC(=C\C)/C(=C\C)C(=C)C. The zero-order chi connectivity index (χ0) is 16.7. The number of aryl methyl sites for hydroxylation is 1. The Kier molecular flexibility index (Phi) is 6.85. The minimum Gasteiger partial charge on any atom is -0.0992 e. The van der Waals surface area contributed by atoms with Crippen LogP contribution in [0.25, 0.3) is 5.57 Å². The first kappa shape index (κ1) is 18.0. The van der Waals surface area contributed by atoms with Crippen LogP contribution in [0.2, 0.25) is 0 Å². The maximum absolute atomic E-state index is 4.25. The number of rotatable bonds is 7. The van der Waals surface area contributed by atoms with Gasteiger partial charge in [-0.1, -0.05) is 72.9 Å². The van der Waals surface area contributed by atoms with Crippen molar-refractivity contribution in [2.75, 3.05) is 0 Å². The summed E-state index contributed by atoms with van der Waals surface area (Å²) in [5.41, 5.74) is 8.38. The second-order valence-electron chi connectivity index (χ2n) is 5.87. The number of benzene rings is 1. The van der Waals surface area contributed by atoms with Gasteiger partial charge in [0.1, 0.15) is 0 Å². The van der Waals surface area contributed by atoms with Gasteiger partial charge >= 0.3 is 0 Å². The van der Waals surface area contributed by atoms with Gasteiger partial charge in [-0.25, -0.2) is 0 Å². The quantitative estimate of drug-likeness (QED) is 0.382. The molecule has 0 aliphatic carbocycles. The smallest absolute Gasteiger partial charge is 0.00638 e. The maximum atomic E-state index is 4.25. The van der Waals surface area contributed by atoms with Crippen molar-refractivity contribution < 1.29 is 0 Å². The van der Waals surface area contributed by atoms with Crippen molar-refractivity contribution in [3.8, 4) is 0 Å². The zero-order valence-corrected chi connectivity index (χ0v) is 14.5. The van der Waals surface area contributed by atoms with Crippen LogP contribution in [-0.2, 0) is 0 Å². The lowest BCUT2D eigenvalue weighted by molar-refractivity contribution is 1.06. The number of hydrogen-bond donors (Lipinski definition) is 0. The molecule has 0 heteroatoms. The van der Waals surface area contributed by atoms with Gasteiger partial charge in [0.05, 0.1) is 0 Å². The average Bonchev–Trinajstić information content (AvgIpc) is 2.46. The van der Waals surface area contributed by atoms with Gasteiger partial charge < -0.3 is 0 Å². The van der Waals surface area contributed by atoms with Crippen molar-refractivity contribution in [2.45, 2.75) is 40.5 Å². The highest BCUT2D eigenvalue weighted by Crippen LogP contribution is 2.28. The molecule has 0 unspecified atom stereocenters. The first-order valence-corrected chi connectivity index (χ1v) is 7.78. The predicted molar refractivity (Wildman–Crippen MR) is 101 cm³/mol. The largest absolute Gasteiger partial charge is 0.0992 e. The van der Waals surface area contributed by atoms with Crippen LogP contribution in [-0.4, -0.2) is 0 Å². The first-order valence-electron chi connectivity index (χ1n) is 7.78. The van der Waals surface area contributed by atoms with Crippen LogP contribution >= 0.6 is 0 Å². The molecule has 116 valence electrons. The molecule has 0 spiro atoms. The summed E-state index contributed by atoms with van der Waals surface area (Å²) in [6.45, 7) is 20.8. The van der Waals surface area contributed by atoms with Crippen LogP contribution in [0.3, 0.4) is 0 Å². The van der Waals surface area contributed by atoms with Gasteiger partial charge in [-0.3, -0.25) is 0 Å². The molecule has 0 saturated heterocycles. The molecule has 22 heavy (non-hydrogen) atoms. The molecule has 1 rings (SSSR count). The van der Waals surface area contributed by atoms with Crippen molar-refractivity contribution in [3.05, 3.63) is 89.6 Å². The molecule has 0 aromatic heterocycles. The Labute approximate surface area is 136 Å². The van der Waals surface area contributed by atoms with Crippen molar-refractivity contribution in [1.29, 1.82) is 0 Å². The third kappa shape index (κ3) is 5.04. The first-order chi connectivity index (χ1) is 10.4. The van der Waals surface area contributed by atoms with Gasteiger partial charge in [0.25, 0.3) is 0 Å². The van der Waals surface area contributed by atoms with Crippen molar-refractivity contribution in [2.24, 2.45) is 0 Å². The Morgan fingerprint density at radius 3 is 2.23 bits per heavy atom. The van der Waals surface area contributed by atoms with Gasteiger partial charge in [-0.2, -0.15) is 0 Å². The molecule has 0 amide bonds. The molecule has 0 bridgehead atoms. The highest BCUT2D eigenvalue weighted by molar-refractivity contribution is 5.66. The van der Waals surface area contributed by atoms with Crippen LogP contribution in [0.4, 0.5) is 0 Å². The summed E-state index contributed by atoms with van der Waals surface area (Å²) in [5, 5.41) is 0. The Balaban J connectivity index is 2.77. The topological polar surface area (TPSA) is 0 Å². The molecule has 0 radical (unpaired) electrons. The molecular formula is C22H28. The average molecular weight is 292 g/mol. The minimum absolute atomic E-state index is 0.827. The van der Waals surface area contributed by atoms with E-state index in [4.69, 9.17) is 0 Å². The monoisotopic (exact) mass is 292 g/mol. The Hall–Kier alpha value is -2.08. The van der Waals surface area contributed by atoms with Gasteiger partial charge in [0, 0.05) is 0 Å². The van der Waals surface area contributed by atoms with E-state index in [2.05, 4.69) is 76.9 Å². The molecule has 0 atom stereocenters. The van der Waals surface area contributed by atoms with E-state index >= 15 is 0 Å². The molecule has 1 aromatic carbocycles. The molecule has 0 aliphatic rings. The van der Waals surface area contributed by atoms with E-state index in [0.29, 0.717) is 0 Å². The second kappa shape index (κ2) is 8.38. The summed E-state index contributed by atoms with van der Waals surface area (Å²) < 4.78 is 0. The molecular weight excluding hydrogens is 264 g/mol. The fourth-order valence-corrected chi connectivity index (χ4v) is 2.66.